The minimum atomic E-state index is -0.343. The Morgan fingerprint density at radius 3 is 1.23 bits per heavy atom. The molecule has 1 unspecified atom stereocenters. The predicted octanol–water partition coefficient (Wildman–Crippen LogP) is 9.84. The fourth-order valence-electron chi connectivity index (χ4n) is 4.84. The molecule has 0 N–H and O–H groups in total. The van der Waals surface area contributed by atoms with Crippen molar-refractivity contribution in [3.8, 4) is 0 Å². The van der Waals surface area contributed by atoms with Crippen LogP contribution in [-0.4, -0.2) is 19.0 Å². The molecule has 0 saturated heterocycles. The molecule has 0 saturated carbocycles. The highest BCUT2D eigenvalue weighted by Gasteiger charge is 2.39. The van der Waals surface area contributed by atoms with Gasteiger partial charge in [-0.15, -0.1) is 0 Å². The molecule has 0 amide bonds. The van der Waals surface area contributed by atoms with Gasteiger partial charge in [-0.2, -0.15) is 0 Å². The zero-order valence-corrected chi connectivity index (χ0v) is 21.7. The molecule has 0 aliphatic rings. The van der Waals surface area contributed by atoms with Crippen LogP contribution in [0.1, 0.15) is 157 Å². The molecule has 0 radical (unpaired) electrons. The van der Waals surface area contributed by atoms with Gasteiger partial charge in [0.2, 0.25) is 0 Å². The number of hydrogen-bond donors (Lipinski definition) is 0. The molecule has 30 heavy (non-hydrogen) atoms. The lowest BCUT2D eigenvalue weighted by molar-refractivity contribution is -0.270. The Balaban J connectivity index is 4.96. The minimum Gasteiger partial charge on any atom is -0.350 e. The van der Waals surface area contributed by atoms with Crippen molar-refractivity contribution in [2.24, 2.45) is 5.92 Å². The summed E-state index contributed by atoms with van der Waals surface area (Å²) in [6.45, 7) is 12.7. The van der Waals surface area contributed by atoms with Crippen molar-refractivity contribution in [3.05, 3.63) is 0 Å². The molecule has 0 aromatic rings. The molecule has 2 nitrogen and oxygen atoms in total. The first-order valence-electron chi connectivity index (χ1n) is 14.0. The Kier molecular flexibility index (Phi) is 22.1. The molecule has 0 aliphatic carbocycles. The van der Waals surface area contributed by atoms with Crippen LogP contribution in [0.2, 0.25) is 0 Å². The molecule has 2 heteroatoms. The fourth-order valence-corrected chi connectivity index (χ4v) is 4.84. The molecule has 0 aliphatic heterocycles. The van der Waals surface area contributed by atoms with E-state index in [0.29, 0.717) is 5.92 Å². The van der Waals surface area contributed by atoms with Crippen LogP contribution in [0.3, 0.4) is 0 Å². The molecule has 0 aromatic carbocycles. The van der Waals surface area contributed by atoms with Crippen LogP contribution in [0.5, 0.6) is 0 Å². The molecular formula is C28H58O2. The van der Waals surface area contributed by atoms with Gasteiger partial charge in [-0.1, -0.05) is 117 Å². The fraction of sp³-hybridized carbons (Fsp3) is 1.00. The summed E-state index contributed by atoms with van der Waals surface area (Å²) in [5, 5.41) is 0. The number of hydrogen-bond acceptors (Lipinski definition) is 2. The quantitative estimate of drug-likeness (QED) is 0.113. The van der Waals surface area contributed by atoms with Crippen molar-refractivity contribution in [1.29, 1.82) is 0 Å². The van der Waals surface area contributed by atoms with E-state index >= 15 is 0 Å². The smallest absolute Gasteiger partial charge is 0.171 e. The van der Waals surface area contributed by atoms with Crippen LogP contribution in [0.15, 0.2) is 0 Å². The van der Waals surface area contributed by atoms with Crippen molar-refractivity contribution >= 4 is 0 Å². The number of ether oxygens (including phenoxy) is 2. The van der Waals surface area contributed by atoms with Gasteiger partial charge >= 0.3 is 0 Å². The number of rotatable bonds is 24. The van der Waals surface area contributed by atoms with Gasteiger partial charge in [-0.05, 0) is 33.1 Å². The van der Waals surface area contributed by atoms with E-state index in [1.54, 1.807) is 0 Å². The summed E-state index contributed by atoms with van der Waals surface area (Å²) < 4.78 is 13.0. The highest BCUT2D eigenvalue weighted by Crippen LogP contribution is 2.37. The van der Waals surface area contributed by atoms with Gasteiger partial charge < -0.3 is 9.47 Å². The molecular weight excluding hydrogens is 368 g/mol. The molecule has 1 atom stereocenters. The van der Waals surface area contributed by atoms with Crippen molar-refractivity contribution in [2.45, 2.75) is 162 Å². The normalized spacial score (nSPS) is 13.1. The van der Waals surface area contributed by atoms with Crippen LogP contribution in [0.25, 0.3) is 0 Å². The zero-order valence-electron chi connectivity index (χ0n) is 21.7. The third kappa shape index (κ3) is 14.8. The standard InChI is InChI=1S/C28H58O2/c1-6-11-14-17-19-22-25-27(24-21-18-15-12-7-2)28(29-9-4,30-10-5)26-23-20-16-13-8-3/h27H,6-26H2,1-5H3. The maximum Gasteiger partial charge on any atom is 0.171 e. The predicted molar refractivity (Wildman–Crippen MR) is 134 cm³/mol. The van der Waals surface area contributed by atoms with Crippen molar-refractivity contribution in [1.82, 2.24) is 0 Å². The van der Waals surface area contributed by atoms with E-state index in [1.807, 2.05) is 0 Å². The van der Waals surface area contributed by atoms with Crippen LogP contribution in [0.4, 0.5) is 0 Å². The summed E-state index contributed by atoms with van der Waals surface area (Å²) in [7, 11) is 0. The maximum atomic E-state index is 6.49. The largest absolute Gasteiger partial charge is 0.350 e. The first-order valence-corrected chi connectivity index (χ1v) is 14.0. The average Bonchev–Trinajstić information content (AvgIpc) is 2.74. The van der Waals surface area contributed by atoms with Crippen molar-refractivity contribution < 1.29 is 9.47 Å². The van der Waals surface area contributed by atoms with Gasteiger partial charge in [0.15, 0.2) is 5.79 Å². The van der Waals surface area contributed by atoms with Crippen LogP contribution in [-0.2, 0) is 9.47 Å². The third-order valence-corrected chi connectivity index (χ3v) is 6.59. The van der Waals surface area contributed by atoms with Crippen LogP contribution < -0.4 is 0 Å². The summed E-state index contributed by atoms with van der Waals surface area (Å²) in [6, 6.07) is 0. The lowest BCUT2D eigenvalue weighted by Crippen LogP contribution is -2.44. The Bertz CT molecular complexity index is 323. The van der Waals surface area contributed by atoms with Gasteiger partial charge in [-0.3, -0.25) is 0 Å². The SMILES string of the molecule is CCCCCCCCC(CCCCCCC)C(CCCCCCC)(OCC)OCC. The summed E-state index contributed by atoms with van der Waals surface area (Å²) >= 11 is 0. The summed E-state index contributed by atoms with van der Waals surface area (Å²) in [4.78, 5) is 0. The number of unbranched alkanes of at least 4 members (excludes halogenated alkanes) is 13. The van der Waals surface area contributed by atoms with Gasteiger partial charge in [-0.25, -0.2) is 0 Å². The van der Waals surface area contributed by atoms with Gasteiger partial charge in [0, 0.05) is 25.6 Å². The molecule has 0 rings (SSSR count). The van der Waals surface area contributed by atoms with E-state index in [2.05, 4.69) is 34.6 Å². The van der Waals surface area contributed by atoms with Gasteiger partial charge in [0.05, 0.1) is 0 Å². The van der Waals surface area contributed by atoms with Gasteiger partial charge in [0.25, 0.3) is 0 Å². The minimum absolute atomic E-state index is 0.343. The Labute approximate surface area is 191 Å². The molecule has 0 aromatic heterocycles. The van der Waals surface area contributed by atoms with E-state index < -0.39 is 0 Å². The topological polar surface area (TPSA) is 18.5 Å². The molecule has 0 fully saturated rings. The monoisotopic (exact) mass is 426 g/mol. The highest BCUT2D eigenvalue weighted by atomic mass is 16.7. The second-order valence-electron chi connectivity index (χ2n) is 9.30. The van der Waals surface area contributed by atoms with Crippen LogP contribution >= 0.6 is 0 Å². The summed E-state index contributed by atoms with van der Waals surface area (Å²) in [6.07, 6.45) is 25.2. The maximum absolute atomic E-state index is 6.49. The third-order valence-electron chi connectivity index (χ3n) is 6.59. The molecule has 182 valence electrons. The Morgan fingerprint density at radius 1 is 0.467 bits per heavy atom. The van der Waals surface area contributed by atoms with Crippen molar-refractivity contribution in [2.75, 3.05) is 13.2 Å². The van der Waals surface area contributed by atoms with Gasteiger partial charge in [0.1, 0.15) is 0 Å². The van der Waals surface area contributed by atoms with Crippen molar-refractivity contribution in [3.63, 3.8) is 0 Å². The second kappa shape index (κ2) is 22.1. The molecule has 0 spiro atoms. The Hall–Kier alpha value is -0.0800. The van der Waals surface area contributed by atoms with E-state index in [0.717, 1.165) is 19.6 Å². The highest BCUT2D eigenvalue weighted by molar-refractivity contribution is 4.81. The lowest BCUT2D eigenvalue weighted by atomic mass is 9.84. The average molecular weight is 427 g/mol. The molecule has 0 heterocycles. The zero-order chi connectivity index (χ0) is 22.3. The van der Waals surface area contributed by atoms with Crippen LogP contribution in [0, 0.1) is 5.92 Å². The van der Waals surface area contributed by atoms with E-state index in [-0.39, 0.29) is 5.79 Å². The lowest BCUT2D eigenvalue weighted by Gasteiger charge is -2.41. The van der Waals surface area contributed by atoms with E-state index in [1.165, 1.54) is 116 Å². The summed E-state index contributed by atoms with van der Waals surface area (Å²) in [5.41, 5.74) is 0. The first-order chi connectivity index (χ1) is 14.7. The first kappa shape index (κ1) is 29.9. The van der Waals surface area contributed by atoms with E-state index in [9.17, 15) is 0 Å². The summed E-state index contributed by atoms with van der Waals surface area (Å²) in [5.74, 6) is 0.209. The Morgan fingerprint density at radius 2 is 0.833 bits per heavy atom. The molecule has 0 bridgehead atoms. The van der Waals surface area contributed by atoms with E-state index in [4.69, 9.17) is 9.47 Å². The second-order valence-corrected chi connectivity index (χ2v) is 9.30.